The summed E-state index contributed by atoms with van der Waals surface area (Å²) in [6.07, 6.45) is 30.9. The summed E-state index contributed by atoms with van der Waals surface area (Å²) in [6.45, 7) is 4.46. The van der Waals surface area contributed by atoms with Gasteiger partial charge in [0, 0.05) is 5.92 Å². The number of hydrogen-bond donors (Lipinski definition) is 0. The summed E-state index contributed by atoms with van der Waals surface area (Å²) < 4.78 is 37.0. The van der Waals surface area contributed by atoms with Crippen LogP contribution in [0.25, 0.3) is 0 Å². The van der Waals surface area contributed by atoms with E-state index in [2.05, 4.69) is 30.2 Å². The van der Waals surface area contributed by atoms with E-state index in [1.54, 1.807) is 0 Å². The molecule has 0 bridgehead atoms. The number of allylic oxidation sites excluding steroid dienone is 1. The SMILES string of the molecule is CCCCCCC/C=C/C(CCCCCCCCCCCCCCCC)COS(=O)(=O)[O-].[K+]. The van der Waals surface area contributed by atoms with Crippen LogP contribution in [0.5, 0.6) is 0 Å². The van der Waals surface area contributed by atoms with Crippen molar-refractivity contribution in [3.05, 3.63) is 12.2 Å². The van der Waals surface area contributed by atoms with Crippen LogP contribution in [0, 0.1) is 5.92 Å². The Labute approximate surface area is 249 Å². The van der Waals surface area contributed by atoms with Crippen molar-refractivity contribution >= 4 is 10.4 Å². The Bertz CT molecular complexity index is 508. The van der Waals surface area contributed by atoms with E-state index in [4.69, 9.17) is 0 Å². The van der Waals surface area contributed by atoms with Crippen LogP contribution < -0.4 is 51.4 Å². The van der Waals surface area contributed by atoms with Crippen molar-refractivity contribution in [2.75, 3.05) is 6.61 Å². The van der Waals surface area contributed by atoms with Crippen LogP contribution in [0.3, 0.4) is 0 Å². The van der Waals surface area contributed by atoms with Gasteiger partial charge in [-0.1, -0.05) is 142 Å². The Hall–Kier alpha value is 1.25. The normalized spacial score (nSPS) is 12.8. The smallest absolute Gasteiger partial charge is 0.726 e. The average molecular weight is 513 g/mol. The van der Waals surface area contributed by atoms with Gasteiger partial charge in [0.15, 0.2) is 0 Å². The van der Waals surface area contributed by atoms with E-state index in [0.717, 1.165) is 19.3 Å². The van der Waals surface area contributed by atoms with Gasteiger partial charge in [-0.2, -0.15) is 0 Å². The average Bonchev–Trinajstić information content (AvgIpc) is 2.75. The predicted molar refractivity (Wildman–Crippen MR) is 137 cm³/mol. The Balaban J connectivity index is 0. The summed E-state index contributed by atoms with van der Waals surface area (Å²) in [5.41, 5.74) is 0. The minimum atomic E-state index is -4.61. The van der Waals surface area contributed by atoms with Crippen LogP contribution in [0.15, 0.2) is 12.2 Å². The van der Waals surface area contributed by atoms with Gasteiger partial charge in [-0.05, 0) is 19.3 Å². The third-order valence-electron chi connectivity index (χ3n) is 6.24. The van der Waals surface area contributed by atoms with Crippen LogP contribution in [0.2, 0.25) is 0 Å². The molecule has 0 spiro atoms. The minimum absolute atomic E-state index is 0. The summed E-state index contributed by atoms with van der Waals surface area (Å²) in [7, 11) is -4.61. The Kier molecular flexibility index (Phi) is 30.7. The number of hydrogen-bond acceptors (Lipinski definition) is 4. The zero-order chi connectivity index (χ0) is 23.8. The van der Waals surface area contributed by atoms with Gasteiger partial charge in [0.25, 0.3) is 0 Å². The maximum absolute atomic E-state index is 10.8. The summed E-state index contributed by atoms with van der Waals surface area (Å²) in [5.74, 6) is 0.0201. The molecule has 4 nitrogen and oxygen atoms in total. The Morgan fingerprint density at radius 1 is 0.667 bits per heavy atom. The maximum Gasteiger partial charge on any atom is 1.00 e. The molecule has 0 aromatic rings. The first-order valence-corrected chi connectivity index (χ1v) is 15.1. The van der Waals surface area contributed by atoms with Crippen LogP contribution in [0.4, 0.5) is 0 Å². The zero-order valence-electron chi connectivity index (χ0n) is 22.3. The van der Waals surface area contributed by atoms with Gasteiger partial charge in [0.2, 0.25) is 10.4 Å². The second-order valence-corrected chi connectivity index (χ2v) is 10.5. The molecule has 0 aliphatic carbocycles. The summed E-state index contributed by atoms with van der Waals surface area (Å²) in [4.78, 5) is 0. The van der Waals surface area contributed by atoms with Crippen molar-refractivity contribution in [3.63, 3.8) is 0 Å². The van der Waals surface area contributed by atoms with Gasteiger partial charge in [-0.25, -0.2) is 8.42 Å². The molecule has 0 amide bonds. The molecule has 0 aromatic carbocycles. The Morgan fingerprint density at radius 3 is 1.48 bits per heavy atom. The molecule has 0 aromatic heterocycles. The third kappa shape index (κ3) is 31.2. The van der Waals surface area contributed by atoms with Crippen LogP contribution >= 0.6 is 0 Å². The molecule has 33 heavy (non-hydrogen) atoms. The van der Waals surface area contributed by atoms with Crippen molar-refractivity contribution in [1.29, 1.82) is 0 Å². The molecule has 1 atom stereocenters. The van der Waals surface area contributed by atoms with Crippen molar-refractivity contribution < 1.29 is 68.5 Å². The fourth-order valence-electron chi connectivity index (χ4n) is 4.16. The van der Waals surface area contributed by atoms with E-state index >= 15 is 0 Å². The van der Waals surface area contributed by atoms with Crippen LogP contribution in [-0.2, 0) is 14.6 Å². The van der Waals surface area contributed by atoms with Gasteiger partial charge in [0.05, 0.1) is 6.61 Å². The standard InChI is InChI=1S/C27H54O4S.K/c1-3-5-7-9-11-12-13-14-15-16-17-19-21-23-25-27(26-31-32(28,29)30)24-22-20-18-10-8-6-4-2;/h22,24,27H,3-21,23,25-26H2,1-2H3,(H,28,29,30);/q;+1/p-1/b24-22+;. The van der Waals surface area contributed by atoms with Gasteiger partial charge in [-0.3, -0.25) is 4.18 Å². The van der Waals surface area contributed by atoms with Crippen molar-refractivity contribution in [2.45, 2.75) is 149 Å². The van der Waals surface area contributed by atoms with Gasteiger partial charge in [-0.15, -0.1) is 0 Å². The minimum Gasteiger partial charge on any atom is -0.726 e. The van der Waals surface area contributed by atoms with E-state index in [0.29, 0.717) is 0 Å². The molecule has 0 N–H and O–H groups in total. The predicted octanol–water partition coefficient (Wildman–Crippen LogP) is 5.87. The first-order chi connectivity index (χ1) is 15.5. The number of rotatable bonds is 25. The van der Waals surface area contributed by atoms with Crippen molar-refractivity contribution in [1.82, 2.24) is 0 Å². The summed E-state index contributed by atoms with van der Waals surface area (Å²) in [6, 6.07) is 0. The van der Waals surface area contributed by atoms with Gasteiger partial charge < -0.3 is 4.55 Å². The van der Waals surface area contributed by atoms with E-state index in [1.165, 1.54) is 116 Å². The van der Waals surface area contributed by atoms with Gasteiger partial charge in [0.1, 0.15) is 0 Å². The largest absolute Gasteiger partial charge is 1.00 e. The second kappa shape index (κ2) is 27.8. The molecule has 0 saturated carbocycles. The molecule has 0 rings (SSSR count). The van der Waals surface area contributed by atoms with E-state index in [-0.39, 0.29) is 63.9 Å². The summed E-state index contributed by atoms with van der Waals surface area (Å²) >= 11 is 0. The second-order valence-electron chi connectivity index (χ2n) is 9.47. The zero-order valence-corrected chi connectivity index (χ0v) is 26.3. The molecule has 0 heterocycles. The first-order valence-electron chi connectivity index (χ1n) is 13.8. The van der Waals surface area contributed by atoms with Crippen LogP contribution in [-0.4, -0.2) is 19.6 Å². The fourth-order valence-corrected chi connectivity index (χ4v) is 4.50. The number of unbranched alkanes of at least 4 members (excludes halogenated alkanes) is 18. The molecule has 1 unspecified atom stereocenters. The quantitative estimate of drug-likeness (QED) is 0.0504. The Morgan fingerprint density at radius 2 is 1.06 bits per heavy atom. The molecule has 0 radical (unpaired) electrons. The molecule has 0 aliphatic heterocycles. The maximum atomic E-state index is 10.8. The summed E-state index contributed by atoms with van der Waals surface area (Å²) in [5, 5.41) is 0. The molecular weight excluding hydrogens is 459 g/mol. The van der Waals surface area contributed by atoms with E-state index in [1.807, 2.05) is 0 Å². The third-order valence-corrected chi connectivity index (χ3v) is 6.66. The molecule has 6 heteroatoms. The van der Waals surface area contributed by atoms with Crippen molar-refractivity contribution in [3.8, 4) is 0 Å². The molecular formula is C27H53KO4S. The molecule has 0 aliphatic rings. The topological polar surface area (TPSA) is 66.4 Å². The van der Waals surface area contributed by atoms with Crippen LogP contribution in [0.1, 0.15) is 149 Å². The first kappa shape index (κ1) is 36.4. The monoisotopic (exact) mass is 512 g/mol. The van der Waals surface area contributed by atoms with E-state index < -0.39 is 10.4 Å². The van der Waals surface area contributed by atoms with Crippen molar-refractivity contribution in [2.24, 2.45) is 5.92 Å². The molecule has 0 saturated heterocycles. The fraction of sp³-hybridized carbons (Fsp3) is 0.926. The molecule has 0 fully saturated rings. The van der Waals surface area contributed by atoms with E-state index in [9.17, 15) is 13.0 Å². The molecule has 192 valence electrons. The van der Waals surface area contributed by atoms with Gasteiger partial charge >= 0.3 is 51.4 Å².